The number of hydrogen-bond donors (Lipinski definition) is 3. The van der Waals surface area contributed by atoms with Gasteiger partial charge >= 0.3 is 0 Å². The standard InChI is InChI=1S/C20H20ClN3O4S/c1-4-12(14-8-10(21)9-29-14)22-15-16(19(27)18(15)26)23-13-7-5-6-11(17(13)25)20(28)24(2)3/h5-9,12,22-23,25H,4H2,1-3H3. The van der Waals surface area contributed by atoms with Gasteiger partial charge in [-0.1, -0.05) is 24.6 Å². The summed E-state index contributed by atoms with van der Waals surface area (Å²) < 4.78 is 0. The minimum Gasteiger partial charge on any atom is -0.505 e. The van der Waals surface area contributed by atoms with Gasteiger partial charge in [0.15, 0.2) is 5.75 Å². The zero-order valence-electron chi connectivity index (χ0n) is 16.1. The van der Waals surface area contributed by atoms with Crippen LogP contribution in [0.2, 0.25) is 5.02 Å². The highest BCUT2D eigenvalue weighted by molar-refractivity contribution is 7.10. The van der Waals surface area contributed by atoms with Gasteiger partial charge in [0.2, 0.25) is 0 Å². The zero-order valence-corrected chi connectivity index (χ0v) is 17.6. The molecule has 0 aliphatic carbocycles. The second-order valence-electron chi connectivity index (χ2n) is 6.71. The number of phenols is 1. The van der Waals surface area contributed by atoms with Gasteiger partial charge in [-0.25, -0.2) is 0 Å². The maximum absolute atomic E-state index is 12.2. The highest BCUT2D eigenvalue weighted by atomic mass is 35.5. The van der Waals surface area contributed by atoms with E-state index in [0.29, 0.717) is 11.4 Å². The number of halogens is 1. The molecule has 0 radical (unpaired) electrons. The van der Waals surface area contributed by atoms with Crippen molar-refractivity contribution in [1.29, 1.82) is 0 Å². The van der Waals surface area contributed by atoms with E-state index >= 15 is 0 Å². The molecule has 29 heavy (non-hydrogen) atoms. The number of carbonyl (C=O) groups is 1. The number of carbonyl (C=O) groups excluding carboxylic acids is 1. The van der Waals surface area contributed by atoms with Crippen LogP contribution in [0.25, 0.3) is 0 Å². The molecule has 3 rings (SSSR count). The van der Waals surface area contributed by atoms with Gasteiger partial charge in [-0.2, -0.15) is 0 Å². The lowest BCUT2D eigenvalue weighted by molar-refractivity contribution is 0.0824. The van der Waals surface area contributed by atoms with E-state index in [4.69, 9.17) is 11.6 Å². The highest BCUT2D eigenvalue weighted by Crippen LogP contribution is 2.34. The molecule has 0 saturated carbocycles. The SMILES string of the molecule is CCC(Nc1c(Nc2cccc(C(=O)N(C)C)c2O)c(=O)c1=O)c1cc(Cl)cs1. The number of nitrogens with one attached hydrogen (secondary N) is 2. The quantitative estimate of drug-likeness (QED) is 0.388. The number of benzene rings is 1. The third kappa shape index (κ3) is 3.99. The molecular formula is C20H20ClN3O4S. The Hall–Kier alpha value is -2.84. The number of phenolic OH excluding ortho intramolecular Hbond substituents is 1. The van der Waals surface area contributed by atoms with Crippen LogP contribution in [-0.4, -0.2) is 30.0 Å². The van der Waals surface area contributed by atoms with E-state index in [-0.39, 0.29) is 40.3 Å². The molecule has 0 aliphatic heterocycles. The molecule has 1 unspecified atom stereocenters. The number of amides is 1. The molecule has 3 N–H and O–H groups in total. The van der Waals surface area contributed by atoms with Crippen molar-refractivity contribution in [2.75, 3.05) is 24.7 Å². The van der Waals surface area contributed by atoms with Crippen molar-refractivity contribution in [2.24, 2.45) is 0 Å². The summed E-state index contributed by atoms with van der Waals surface area (Å²) in [6.07, 6.45) is 0.674. The fraction of sp³-hybridized carbons (Fsp3) is 0.250. The fourth-order valence-corrected chi connectivity index (χ4v) is 4.12. The topological polar surface area (TPSA) is 98.7 Å². The molecule has 1 heterocycles. The molecule has 1 atom stereocenters. The van der Waals surface area contributed by atoms with Crippen LogP contribution in [0.4, 0.5) is 17.1 Å². The summed E-state index contributed by atoms with van der Waals surface area (Å²) in [6.45, 7) is 1.95. The molecule has 9 heteroatoms. The Bertz CT molecular complexity index is 1130. The van der Waals surface area contributed by atoms with E-state index in [9.17, 15) is 19.5 Å². The highest BCUT2D eigenvalue weighted by Gasteiger charge is 2.26. The second-order valence-corrected chi connectivity index (χ2v) is 8.09. The summed E-state index contributed by atoms with van der Waals surface area (Å²) in [5.41, 5.74) is -0.854. The molecule has 152 valence electrons. The molecule has 2 aromatic carbocycles. The maximum Gasteiger partial charge on any atom is 0.257 e. The smallest absolute Gasteiger partial charge is 0.257 e. The number of para-hydroxylation sites is 1. The normalized spacial score (nSPS) is 12.0. The van der Waals surface area contributed by atoms with Gasteiger partial charge in [-0.05, 0) is 24.6 Å². The lowest BCUT2D eigenvalue weighted by atomic mass is 10.1. The first kappa shape index (κ1) is 20.9. The summed E-state index contributed by atoms with van der Waals surface area (Å²) in [7, 11) is 3.14. The van der Waals surface area contributed by atoms with Gasteiger partial charge in [-0.3, -0.25) is 14.4 Å². The zero-order chi connectivity index (χ0) is 21.3. The number of thiophene rings is 1. The Morgan fingerprint density at radius 2 is 1.93 bits per heavy atom. The predicted octanol–water partition coefficient (Wildman–Crippen LogP) is 3.71. The Morgan fingerprint density at radius 1 is 1.24 bits per heavy atom. The third-order valence-corrected chi connectivity index (χ3v) is 5.89. The van der Waals surface area contributed by atoms with Gasteiger partial charge < -0.3 is 20.6 Å². The largest absolute Gasteiger partial charge is 0.505 e. The number of aromatic hydroxyl groups is 1. The molecular weight excluding hydrogens is 414 g/mol. The number of nitrogens with zero attached hydrogens (tertiary/aromatic N) is 1. The van der Waals surface area contributed by atoms with Crippen LogP contribution in [-0.2, 0) is 0 Å². The summed E-state index contributed by atoms with van der Waals surface area (Å²) in [6, 6.07) is 6.22. The van der Waals surface area contributed by atoms with E-state index in [1.807, 2.05) is 13.0 Å². The molecule has 0 bridgehead atoms. The lowest BCUT2D eigenvalue weighted by Gasteiger charge is -2.21. The van der Waals surface area contributed by atoms with Gasteiger partial charge in [0, 0.05) is 24.4 Å². The first-order valence-corrected chi connectivity index (χ1v) is 10.1. The van der Waals surface area contributed by atoms with Gasteiger partial charge in [0.05, 0.1) is 22.3 Å². The average Bonchev–Trinajstić information content (AvgIpc) is 3.13. The number of hydrogen-bond acceptors (Lipinski definition) is 7. The second kappa shape index (κ2) is 8.26. The number of rotatable bonds is 7. The molecule has 0 fully saturated rings. The van der Waals surface area contributed by atoms with Crippen LogP contribution >= 0.6 is 22.9 Å². The maximum atomic E-state index is 12.2. The van der Waals surface area contributed by atoms with E-state index in [1.54, 1.807) is 25.5 Å². The summed E-state index contributed by atoms with van der Waals surface area (Å²) in [4.78, 5) is 38.8. The van der Waals surface area contributed by atoms with Gasteiger partial charge in [-0.15, -0.1) is 11.3 Å². The Labute approximate surface area is 176 Å². The minimum absolute atomic E-state index is 0.0563. The van der Waals surface area contributed by atoms with E-state index in [0.717, 1.165) is 4.88 Å². The molecule has 1 amide bonds. The average molecular weight is 434 g/mol. The van der Waals surface area contributed by atoms with Crippen LogP contribution in [0.5, 0.6) is 5.75 Å². The van der Waals surface area contributed by atoms with Crippen molar-refractivity contribution in [3.63, 3.8) is 0 Å². The van der Waals surface area contributed by atoms with Crippen LogP contribution in [0.1, 0.15) is 34.6 Å². The third-order valence-electron chi connectivity index (χ3n) is 4.50. The molecule has 0 saturated heterocycles. The van der Waals surface area contributed by atoms with Gasteiger partial charge in [0.25, 0.3) is 16.8 Å². The van der Waals surface area contributed by atoms with Crippen molar-refractivity contribution in [2.45, 2.75) is 19.4 Å². The predicted molar refractivity (Wildman–Crippen MR) is 117 cm³/mol. The van der Waals surface area contributed by atoms with Crippen LogP contribution in [0.15, 0.2) is 39.2 Å². The van der Waals surface area contributed by atoms with E-state index < -0.39 is 10.9 Å². The van der Waals surface area contributed by atoms with Crippen molar-refractivity contribution >= 4 is 45.9 Å². The Balaban J connectivity index is 1.90. The monoisotopic (exact) mass is 433 g/mol. The van der Waals surface area contributed by atoms with Crippen LogP contribution in [0.3, 0.4) is 0 Å². The molecule has 7 nitrogen and oxygen atoms in total. The Morgan fingerprint density at radius 3 is 2.52 bits per heavy atom. The fourth-order valence-electron chi connectivity index (χ4n) is 2.90. The summed E-state index contributed by atoms with van der Waals surface area (Å²) in [5.74, 6) is -0.669. The summed E-state index contributed by atoms with van der Waals surface area (Å²) >= 11 is 7.45. The minimum atomic E-state index is -0.685. The van der Waals surface area contributed by atoms with Gasteiger partial charge in [0.1, 0.15) is 11.4 Å². The van der Waals surface area contributed by atoms with Crippen molar-refractivity contribution in [1.82, 2.24) is 4.90 Å². The Kier molecular flexibility index (Phi) is 5.95. The van der Waals surface area contributed by atoms with Crippen molar-refractivity contribution in [3.8, 4) is 5.75 Å². The van der Waals surface area contributed by atoms with E-state index in [1.165, 1.54) is 28.4 Å². The van der Waals surface area contributed by atoms with Crippen molar-refractivity contribution < 1.29 is 9.90 Å². The number of anilines is 3. The first-order valence-electron chi connectivity index (χ1n) is 8.89. The molecule has 0 aliphatic rings. The molecule has 3 aromatic rings. The first-order chi connectivity index (χ1) is 13.7. The van der Waals surface area contributed by atoms with Crippen molar-refractivity contribution in [3.05, 3.63) is 65.6 Å². The summed E-state index contributed by atoms with van der Waals surface area (Å²) in [5, 5.41) is 18.8. The molecule has 1 aromatic heterocycles. The van der Waals surface area contributed by atoms with E-state index in [2.05, 4.69) is 10.6 Å². The van der Waals surface area contributed by atoms with Crippen LogP contribution in [0, 0.1) is 0 Å². The molecule has 0 spiro atoms. The lowest BCUT2D eigenvalue weighted by Crippen LogP contribution is -2.37. The van der Waals surface area contributed by atoms with Crippen LogP contribution < -0.4 is 21.5 Å².